The van der Waals surface area contributed by atoms with E-state index in [9.17, 15) is 13.2 Å². The summed E-state index contributed by atoms with van der Waals surface area (Å²) in [6.07, 6.45) is -4.59. The van der Waals surface area contributed by atoms with Crippen molar-refractivity contribution in [3.8, 4) is 0 Å². The number of alkyl halides is 3. The Morgan fingerprint density at radius 1 is 1.21 bits per heavy atom. The quantitative estimate of drug-likeness (QED) is 0.930. The van der Waals surface area contributed by atoms with E-state index in [1.807, 2.05) is 19.1 Å². The summed E-state index contributed by atoms with van der Waals surface area (Å²) in [5, 5.41) is 15.7. The number of aryl methyl sites for hydroxylation is 1. The van der Waals surface area contributed by atoms with E-state index in [1.54, 1.807) is 12.1 Å². The fraction of sp³-hybridized carbons (Fsp3) is 0.333. The van der Waals surface area contributed by atoms with Crippen molar-refractivity contribution >= 4 is 0 Å². The van der Waals surface area contributed by atoms with Gasteiger partial charge in [-0.3, -0.25) is 0 Å². The van der Waals surface area contributed by atoms with E-state index in [4.69, 9.17) is 5.11 Å². The maximum absolute atomic E-state index is 12.9. The summed E-state index contributed by atoms with van der Waals surface area (Å²) in [5.74, 6) is 0. The van der Waals surface area contributed by atoms with Crippen molar-refractivity contribution < 1.29 is 18.3 Å². The predicted octanol–water partition coefficient (Wildman–Crippen LogP) is 2.15. The first kappa shape index (κ1) is 13.5. The van der Waals surface area contributed by atoms with Gasteiger partial charge >= 0.3 is 6.18 Å². The van der Waals surface area contributed by atoms with Crippen LogP contribution in [0.5, 0.6) is 0 Å². The number of nitrogens with zero attached hydrogens (tertiary/aromatic N) is 3. The van der Waals surface area contributed by atoms with Crippen molar-refractivity contribution in [1.29, 1.82) is 0 Å². The number of hydrogen-bond donors (Lipinski definition) is 1. The highest BCUT2D eigenvalue weighted by atomic mass is 19.4. The lowest BCUT2D eigenvalue weighted by molar-refractivity contribution is -0.145. The van der Waals surface area contributed by atoms with Crippen molar-refractivity contribution in [3.05, 3.63) is 46.8 Å². The van der Waals surface area contributed by atoms with E-state index in [2.05, 4.69) is 10.3 Å². The first-order chi connectivity index (χ1) is 8.91. The molecule has 2 aromatic rings. The zero-order valence-corrected chi connectivity index (χ0v) is 10.1. The molecule has 0 saturated heterocycles. The van der Waals surface area contributed by atoms with Gasteiger partial charge in [0.2, 0.25) is 0 Å². The van der Waals surface area contributed by atoms with E-state index < -0.39 is 24.2 Å². The smallest absolute Gasteiger partial charge is 0.390 e. The van der Waals surface area contributed by atoms with E-state index in [0.29, 0.717) is 5.56 Å². The molecule has 2 rings (SSSR count). The van der Waals surface area contributed by atoms with E-state index in [1.165, 1.54) is 0 Å². The average Bonchev–Trinajstić information content (AvgIpc) is 2.75. The maximum atomic E-state index is 12.9. The molecule has 0 unspecified atom stereocenters. The molecule has 4 nitrogen and oxygen atoms in total. The van der Waals surface area contributed by atoms with Gasteiger partial charge in [0.1, 0.15) is 5.69 Å². The molecule has 0 aliphatic rings. The highest BCUT2D eigenvalue weighted by molar-refractivity contribution is 5.22. The molecule has 1 aromatic carbocycles. The Kier molecular flexibility index (Phi) is 3.57. The predicted molar refractivity (Wildman–Crippen MR) is 61.2 cm³/mol. The number of halogens is 3. The van der Waals surface area contributed by atoms with Crippen molar-refractivity contribution in [3.63, 3.8) is 0 Å². The van der Waals surface area contributed by atoms with Crippen LogP contribution < -0.4 is 0 Å². The summed E-state index contributed by atoms with van der Waals surface area (Å²) in [4.78, 5) is 0. The fourth-order valence-electron chi connectivity index (χ4n) is 1.74. The van der Waals surface area contributed by atoms with Gasteiger partial charge in [0.05, 0.1) is 13.2 Å². The number of rotatable bonds is 3. The molecule has 7 heteroatoms. The topological polar surface area (TPSA) is 50.9 Å². The van der Waals surface area contributed by atoms with Gasteiger partial charge in [0, 0.05) is 0 Å². The van der Waals surface area contributed by atoms with Gasteiger partial charge in [-0.05, 0) is 12.5 Å². The second kappa shape index (κ2) is 5.00. The van der Waals surface area contributed by atoms with Crippen LogP contribution in [0, 0.1) is 6.92 Å². The molecule has 0 aliphatic carbocycles. The second-order valence-electron chi connectivity index (χ2n) is 4.18. The van der Waals surface area contributed by atoms with Crippen LogP contribution in [0.2, 0.25) is 0 Å². The monoisotopic (exact) mass is 271 g/mol. The molecule has 1 N–H and O–H groups in total. The number of aliphatic hydroxyl groups excluding tert-OH is 1. The summed E-state index contributed by atoms with van der Waals surface area (Å²) in [6, 6.07) is 7.09. The zero-order chi connectivity index (χ0) is 14.0. The molecule has 19 heavy (non-hydrogen) atoms. The minimum absolute atomic E-state index is 0.0396. The lowest BCUT2D eigenvalue weighted by atomic mass is 10.1. The van der Waals surface area contributed by atoms with E-state index in [0.717, 1.165) is 10.2 Å². The number of aliphatic hydroxyl groups is 1. The Hall–Kier alpha value is -1.89. The number of aromatic nitrogens is 3. The largest absolute Gasteiger partial charge is 0.435 e. The van der Waals surface area contributed by atoms with Crippen molar-refractivity contribution in [2.24, 2.45) is 0 Å². The minimum Gasteiger partial charge on any atom is -0.390 e. The zero-order valence-electron chi connectivity index (χ0n) is 10.1. The number of hydrogen-bond acceptors (Lipinski definition) is 3. The summed E-state index contributed by atoms with van der Waals surface area (Å²) >= 11 is 0. The molecule has 102 valence electrons. The first-order valence-corrected chi connectivity index (χ1v) is 5.58. The molecule has 1 aromatic heterocycles. The van der Waals surface area contributed by atoms with Crippen molar-refractivity contribution in [2.75, 3.05) is 0 Å². The molecule has 0 saturated carbocycles. The van der Waals surface area contributed by atoms with Crippen LogP contribution in [-0.4, -0.2) is 20.1 Å². The number of benzene rings is 1. The van der Waals surface area contributed by atoms with Gasteiger partial charge in [0.15, 0.2) is 5.69 Å². The summed E-state index contributed by atoms with van der Waals surface area (Å²) in [6.45, 7) is 1.06. The van der Waals surface area contributed by atoms with Gasteiger partial charge in [-0.2, -0.15) is 13.2 Å². The summed E-state index contributed by atoms with van der Waals surface area (Å²) < 4.78 is 39.4. The second-order valence-corrected chi connectivity index (χ2v) is 4.18. The maximum Gasteiger partial charge on any atom is 0.435 e. The van der Waals surface area contributed by atoms with Gasteiger partial charge in [-0.15, -0.1) is 5.10 Å². The summed E-state index contributed by atoms with van der Waals surface area (Å²) in [5.41, 5.74) is 0.245. The molecular weight excluding hydrogens is 259 g/mol. The third-order valence-electron chi connectivity index (χ3n) is 2.68. The molecule has 0 amide bonds. The average molecular weight is 271 g/mol. The van der Waals surface area contributed by atoms with Crippen LogP contribution in [0.3, 0.4) is 0 Å². The first-order valence-electron chi connectivity index (χ1n) is 5.58. The molecule has 0 aliphatic heterocycles. The van der Waals surface area contributed by atoms with Gasteiger partial charge < -0.3 is 5.11 Å². The van der Waals surface area contributed by atoms with Gasteiger partial charge in [-0.1, -0.05) is 35.0 Å². The molecule has 1 heterocycles. The van der Waals surface area contributed by atoms with Crippen LogP contribution >= 0.6 is 0 Å². The molecule has 0 fully saturated rings. The van der Waals surface area contributed by atoms with E-state index in [-0.39, 0.29) is 6.54 Å². The van der Waals surface area contributed by atoms with Crippen LogP contribution in [-0.2, 0) is 19.3 Å². The Bertz CT molecular complexity index is 561. The fourth-order valence-corrected chi connectivity index (χ4v) is 1.74. The molecular formula is C12H12F3N3O. The summed E-state index contributed by atoms with van der Waals surface area (Å²) in [7, 11) is 0. The van der Waals surface area contributed by atoms with E-state index >= 15 is 0 Å². The molecule has 0 bridgehead atoms. The normalized spacial score (nSPS) is 11.8. The van der Waals surface area contributed by atoms with Crippen molar-refractivity contribution in [1.82, 2.24) is 15.0 Å². The Morgan fingerprint density at radius 3 is 2.37 bits per heavy atom. The van der Waals surface area contributed by atoms with Crippen LogP contribution in [0.4, 0.5) is 13.2 Å². The molecule has 0 radical (unpaired) electrons. The van der Waals surface area contributed by atoms with Gasteiger partial charge in [-0.25, -0.2) is 4.68 Å². The Balaban J connectivity index is 2.35. The highest BCUT2D eigenvalue weighted by Crippen LogP contribution is 2.31. The lowest BCUT2D eigenvalue weighted by Crippen LogP contribution is -2.17. The lowest BCUT2D eigenvalue weighted by Gasteiger charge is -2.10. The highest BCUT2D eigenvalue weighted by Gasteiger charge is 2.39. The minimum atomic E-state index is -4.59. The van der Waals surface area contributed by atoms with Crippen LogP contribution in [0.1, 0.15) is 22.5 Å². The van der Waals surface area contributed by atoms with Crippen LogP contribution in [0.15, 0.2) is 24.3 Å². The van der Waals surface area contributed by atoms with Crippen molar-refractivity contribution in [2.45, 2.75) is 26.3 Å². The third-order valence-corrected chi connectivity index (χ3v) is 2.68. The van der Waals surface area contributed by atoms with Crippen LogP contribution in [0.25, 0.3) is 0 Å². The Morgan fingerprint density at radius 2 is 1.84 bits per heavy atom. The molecule has 0 spiro atoms. The standard InChI is InChI=1S/C12H12F3N3O/c1-8-2-4-9(5-3-8)6-18-11(12(13,14)15)10(7-19)16-17-18/h2-5,19H,6-7H2,1H3. The van der Waals surface area contributed by atoms with Gasteiger partial charge in [0.25, 0.3) is 0 Å². The molecule has 0 atom stereocenters. The SMILES string of the molecule is Cc1ccc(Cn2nnc(CO)c2C(F)(F)F)cc1. The Labute approximate surface area is 107 Å². The third kappa shape index (κ3) is 2.93.